The number of aryl methyl sites for hydroxylation is 1. The van der Waals surface area contributed by atoms with Crippen molar-refractivity contribution in [1.29, 1.82) is 0 Å². The number of ether oxygens (including phenoxy) is 2. The van der Waals surface area contributed by atoms with Crippen LogP contribution >= 0.6 is 0 Å². The largest absolute Gasteiger partial charge is 0.491 e. The van der Waals surface area contributed by atoms with Gasteiger partial charge in [0.2, 0.25) is 5.82 Å². The van der Waals surface area contributed by atoms with Gasteiger partial charge in [-0.2, -0.15) is 4.39 Å². The summed E-state index contributed by atoms with van der Waals surface area (Å²) in [6.07, 6.45) is 13.2. The lowest BCUT2D eigenvalue weighted by atomic mass is 9.71. The number of hydrogen-bond donors (Lipinski definition) is 0. The molecule has 0 aliphatic heterocycles. The Labute approximate surface area is 236 Å². The van der Waals surface area contributed by atoms with Gasteiger partial charge in [0.1, 0.15) is 0 Å². The third-order valence-corrected chi connectivity index (χ3v) is 9.69. The lowest BCUT2D eigenvalue weighted by Gasteiger charge is -2.36. The quantitative estimate of drug-likeness (QED) is 0.300. The fourth-order valence-corrected chi connectivity index (χ4v) is 7.19. The Morgan fingerprint density at radius 3 is 2.17 bits per heavy atom. The van der Waals surface area contributed by atoms with E-state index in [2.05, 4.69) is 6.08 Å². The van der Waals surface area contributed by atoms with E-state index in [4.69, 9.17) is 9.47 Å². The molecular weight excluding hydrogens is 516 g/mol. The van der Waals surface area contributed by atoms with Crippen LogP contribution in [0.5, 0.6) is 5.75 Å². The number of hydrogen-bond acceptors (Lipinski definition) is 2. The van der Waals surface area contributed by atoms with Crippen LogP contribution in [0, 0.1) is 47.9 Å². The highest BCUT2D eigenvalue weighted by Crippen LogP contribution is 2.43. The van der Waals surface area contributed by atoms with Crippen molar-refractivity contribution in [2.24, 2.45) is 17.8 Å². The third-order valence-electron chi connectivity index (χ3n) is 9.69. The molecule has 2 aromatic rings. The molecule has 0 aromatic heterocycles. The van der Waals surface area contributed by atoms with Crippen LogP contribution in [0.2, 0.25) is 0 Å². The first-order valence-electron chi connectivity index (χ1n) is 15.2. The highest BCUT2D eigenvalue weighted by Gasteiger charge is 2.31. The number of halogens is 4. The molecule has 0 amide bonds. The molecule has 3 aliphatic rings. The second-order valence-corrected chi connectivity index (χ2v) is 12.1. The summed E-state index contributed by atoms with van der Waals surface area (Å²) in [5, 5.41) is 0. The lowest BCUT2D eigenvalue weighted by Crippen LogP contribution is -2.28. The molecule has 5 rings (SSSR count). The van der Waals surface area contributed by atoms with E-state index in [0.29, 0.717) is 41.1 Å². The van der Waals surface area contributed by atoms with Crippen LogP contribution in [0.3, 0.4) is 0 Å². The molecule has 40 heavy (non-hydrogen) atoms. The summed E-state index contributed by atoms with van der Waals surface area (Å²) in [4.78, 5) is 0. The Bertz CT molecular complexity index is 1190. The zero-order valence-corrected chi connectivity index (χ0v) is 23.8. The monoisotopic (exact) mass is 558 g/mol. The van der Waals surface area contributed by atoms with Gasteiger partial charge in [0.25, 0.3) is 0 Å². The molecule has 2 nitrogen and oxygen atoms in total. The summed E-state index contributed by atoms with van der Waals surface area (Å²) in [6, 6.07) is 6.61. The second-order valence-electron chi connectivity index (χ2n) is 12.1. The van der Waals surface area contributed by atoms with E-state index in [-0.39, 0.29) is 17.8 Å². The van der Waals surface area contributed by atoms with Crippen molar-refractivity contribution in [1.82, 2.24) is 0 Å². The van der Waals surface area contributed by atoms with Crippen molar-refractivity contribution in [3.05, 3.63) is 70.3 Å². The summed E-state index contributed by atoms with van der Waals surface area (Å²) in [7, 11) is 0. The highest BCUT2D eigenvalue weighted by atomic mass is 19.2. The van der Waals surface area contributed by atoms with Gasteiger partial charge in [-0.1, -0.05) is 18.2 Å². The summed E-state index contributed by atoms with van der Waals surface area (Å²) < 4.78 is 69.0. The van der Waals surface area contributed by atoms with E-state index in [1.807, 2.05) is 0 Å². The zero-order valence-electron chi connectivity index (χ0n) is 23.8. The van der Waals surface area contributed by atoms with Crippen LogP contribution in [0.25, 0.3) is 5.57 Å². The Morgan fingerprint density at radius 2 is 1.50 bits per heavy atom. The maximum atomic E-state index is 14.7. The molecular formula is C34H42F4O2. The van der Waals surface area contributed by atoms with Crippen molar-refractivity contribution in [3.63, 3.8) is 0 Å². The summed E-state index contributed by atoms with van der Waals surface area (Å²) in [6.45, 7) is 4.43. The molecule has 6 heteroatoms. The molecule has 0 bridgehead atoms. The molecule has 2 saturated carbocycles. The van der Waals surface area contributed by atoms with Gasteiger partial charge in [-0.15, -0.1) is 0 Å². The number of benzene rings is 2. The molecule has 3 aliphatic carbocycles. The molecule has 218 valence electrons. The smallest absolute Gasteiger partial charge is 0.201 e. The van der Waals surface area contributed by atoms with Crippen LogP contribution in [0.15, 0.2) is 30.3 Å². The first kappa shape index (κ1) is 29.2. The Hall–Kier alpha value is -2.34. The molecule has 0 N–H and O–H groups in total. The zero-order chi connectivity index (χ0) is 28.2. The minimum Gasteiger partial charge on any atom is -0.491 e. The normalized spacial score (nSPS) is 27.4. The minimum absolute atomic E-state index is 0.0271. The molecule has 1 atom stereocenters. The lowest BCUT2D eigenvalue weighted by molar-refractivity contribution is -0.00689. The predicted octanol–water partition coefficient (Wildman–Crippen LogP) is 9.68. The van der Waals surface area contributed by atoms with Crippen molar-refractivity contribution in [2.75, 3.05) is 13.2 Å². The third kappa shape index (κ3) is 6.42. The predicted molar refractivity (Wildman–Crippen MR) is 150 cm³/mol. The van der Waals surface area contributed by atoms with E-state index >= 15 is 0 Å². The van der Waals surface area contributed by atoms with Gasteiger partial charge in [0, 0.05) is 12.2 Å². The Kier molecular flexibility index (Phi) is 9.55. The van der Waals surface area contributed by atoms with Crippen molar-refractivity contribution < 1.29 is 27.0 Å². The van der Waals surface area contributed by atoms with Crippen LogP contribution in [0.1, 0.15) is 100 Å². The van der Waals surface area contributed by atoms with Crippen LogP contribution in [-0.4, -0.2) is 19.3 Å². The van der Waals surface area contributed by atoms with Gasteiger partial charge >= 0.3 is 0 Å². The van der Waals surface area contributed by atoms with Crippen LogP contribution in [0.4, 0.5) is 17.6 Å². The van der Waals surface area contributed by atoms with Crippen LogP contribution < -0.4 is 4.74 Å². The molecule has 1 unspecified atom stereocenters. The summed E-state index contributed by atoms with van der Waals surface area (Å²) >= 11 is 0. The van der Waals surface area contributed by atoms with Crippen LogP contribution in [-0.2, 0) is 4.74 Å². The topological polar surface area (TPSA) is 18.5 Å². The summed E-state index contributed by atoms with van der Waals surface area (Å²) in [5.41, 5.74) is 2.14. The standard InChI is InChI=1S/C34H42F4O2/c1-3-39-30-19-18-29(33(37)34(30)38)25-11-9-24(10-12-25)23-7-5-22(6-8-23)20-40-27-15-13-26(14-16-27)28-17-4-21(2)31(35)32(28)36/h4,11,17-19,22-24,26-27H,3,5-10,12-16,20H2,1-2H3. The summed E-state index contributed by atoms with van der Waals surface area (Å²) in [5.74, 6) is -1.20. The van der Waals surface area contributed by atoms with Crippen molar-refractivity contribution in [3.8, 4) is 5.75 Å². The van der Waals surface area contributed by atoms with Gasteiger partial charge in [-0.3, -0.25) is 0 Å². The average molecular weight is 559 g/mol. The number of allylic oxidation sites excluding steroid dienone is 2. The van der Waals surface area contributed by atoms with Gasteiger partial charge < -0.3 is 9.47 Å². The van der Waals surface area contributed by atoms with Crippen molar-refractivity contribution >= 4 is 5.57 Å². The molecule has 2 fully saturated rings. The molecule has 0 radical (unpaired) electrons. The van der Waals surface area contributed by atoms with Crippen molar-refractivity contribution in [2.45, 2.75) is 96.5 Å². The minimum atomic E-state index is -0.897. The maximum absolute atomic E-state index is 14.7. The van der Waals surface area contributed by atoms with Gasteiger partial charge in [-0.25, -0.2) is 13.2 Å². The van der Waals surface area contributed by atoms with Gasteiger partial charge in [0.15, 0.2) is 23.2 Å². The van der Waals surface area contributed by atoms with E-state index in [1.165, 1.54) is 31.7 Å². The van der Waals surface area contributed by atoms with E-state index in [0.717, 1.165) is 57.1 Å². The van der Waals surface area contributed by atoms with E-state index in [9.17, 15) is 17.6 Å². The average Bonchev–Trinajstić information content (AvgIpc) is 2.98. The second kappa shape index (κ2) is 13.1. The SMILES string of the molecule is CCOc1ccc(C2=CCC(C3CCC(COC4CCC(c5ccc(C)c(F)c5F)CC4)CC3)CC2)c(F)c1F. The van der Waals surface area contributed by atoms with Gasteiger partial charge in [0.05, 0.1) is 12.7 Å². The highest BCUT2D eigenvalue weighted by molar-refractivity contribution is 5.67. The first-order valence-corrected chi connectivity index (χ1v) is 15.2. The molecule has 2 aromatic carbocycles. The Balaban J connectivity index is 1.04. The van der Waals surface area contributed by atoms with E-state index in [1.54, 1.807) is 32.0 Å². The fraction of sp³-hybridized carbons (Fsp3) is 0.588. The number of rotatable bonds is 8. The molecule has 0 saturated heterocycles. The van der Waals surface area contributed by atoms with E-state index < -0.39 is 23.3 Å². The molecule has 0 spiro atoms. The maximum Gasteiger partial charge on any atom is 0.201 e. The Morgan fingerprint density at radius 1 is 0.750 bits per heavy atom. The molecule has 0 heterocycles. The van der Waals surface area contributed by atoms with Gasteiger partial charge in [-0.05, 0) is 137 Å². The first-order chi connectivity index (χ1) is 19.4. The fourth-order valence-electron chi connectivity index (χ4n) is 7.19.